The Kier molecular flexibility index (Phi) is 6.38. The van der Waals surface area contributed by atoms with Crippen LogP contribution < -0.4 is 4.31 Å². The van der Waals surface area contributed by atoms with Crippen LogP contribution in [0.25, 0.3) is 0 Å². The number of carbonyl (C=O) groups is 1. The molecule has 0 unspecified atom stereocenters. The first-order valence-electron chi connectivity index (χ1n) is 8.63. The molecule has 0 amide bonds. The fourth-order valence-corrected chi connectivity index (χ4v) is 4.61. The van der Waals surface area contributed by atoms with Crippen molar-refractivity contribution < 1.29 is 26.7 Å². The summed E-state index contributed by atoms with van der Waals surface area (Å²) in [5.74, 6) is -2.87. The summed E-state index contributed by atoms with van der Waals surface area (Å²) in [7, 11) is -3.47. The van der Waals surface area contributed by atoms with Crippen molar-refractivity contribution in [3.63, 3.8) is 0 Å². The van der Waals surface area contributed by atoms with Gasteiger partial charge in [0.1, 0.15) is 11.6 Å². The van der Waals surface area contributed by atoms with Gasteiger partial charge in [0.15, 0.2) is 6.04 Å². The average Bonchev–Trinajstić information content (AvgIpc) is 2.74. The number of rotatable bonds is 6. The topological polar surface area (TPSA) is 63.7 Å². The molecule has 1 atom stereocenters. The number of esters is 1. The number of benzene rings is 3. The summed E-state index contributed by atoms with van der Waals surface area (Å²) >= 11 is 5.84. The SMILES string of the molecule is COC(=O)[C@H](c1ccccc1)N(c1cc(F)ccc1F)S(=O)(=O)c1ccc(Cl)cc1. The molecular formula is C21H16ClF2NO4S. The molecule has 30 heavy (non-hydrogen) atoms. The van der Waals surface area contributed by atoms with Crippen LogP contribution in [-0.2, 0) is 19.6 Å². The van der Waals surface area contributed by atoms with Crippen molar-refractivity contribution in [2.45, 2.75) is 10.9 Å². The quantitative estimate of drug-likeness (QED) is 0.508. The van der Waals surface area contributed by atoms with E-state index in [1.807, 2.05) is 0 Å². The van der Waals surface area contributed by atoms with Crippen molar-refractivity contribution in [1.82, 2.24) is 0 Å². The van der Waals surface area contributed by atoms with Crippen LogP contribution in [0.4, 0.5) is 14.5 Å². The second kappa shape index (κ2) is 8.81. The van der Waals surface area contributed by atoms with E-state index in [2.05, 4.69) is 0 Å². The molecule has 0 N–H and O–H groups in total. The third kappa shape index (κ3) is 4.29. The molecule has 0 aliphatic heterocycles. The lowest BCUT2D eigenvalue weighted by Gasteiger charge is -2.31. The number of hydrogen-bond donors (Lipinski definition) is 0. The van der Waals surface area contributed by atoms with Gasteiger partial charge in [-0.3, -0.25) is 0 Å². The van der Waals surface area contributed by atoms with Crippen molar-refractivity contribution in [3.05, 3.63) is 95.0 Å². The number of nitrogens with zero attached hydrogens (tertiary/aromatic N) is 1. The Morgan fingerprint density at radius 1 is 1.00 bits per heavy atom. The lowest BCUT2D eigenvalue weighted by atomic mass is 10.1. The molecule has 3 rings (SSSR count). The van der Waals surface area contributed by atoms with Crippen molar-refractivity contribution in [3.8, 4) is 0 Å². The Balaban J connectivity index is 2.32. The van der Waals surface area contributed by atoms with Gasteiger partial charge in [0.25, 0.3) is 10.0 Å². The van der Waals surface area contributed by atoms with Crippen LogP contribution in [0.1, 0.15) is 11.6 Å². The summed E-state index contributed by atoms with van der Waals surface area (Å²) < 4.78 is 61.1. The van der Waals surface area contributed by atoms with Crippen molar-refractivity contribution in [2.24, 2.45) is 0 Å². The van der Waals surface area contributed by atoms with Gasteiger partial charge < -0.3 is 4.74 Å². The molecule has 3 aromatic rings. The van der Waals surface area contributed by atoms with Crippen LogP contribution in [0.5, 0.6) is 0 Å². The van der Waals surface area contributed by atoms with Gasteiger partial charge >= 0.3 is 5.97 Å². The highest BCUT2D eigenvalue weighted by molar-refractivity contribution is 7.92. The number of halogens is 3. The number of ether oxygens (including phenoxy) is 1. The molecule has 3 aromatic carbocycles. The van der Waals surface area contributed by atoms with Crippen molar-refractivity contribution >= 4 is 33.3 Å². The molecular weight excluding hydrogens is 436 g/mol. The Hall–Kier alpha value is -2.97. The van der Waals surface area contributed by atoms with E-state index in [-0.39, 0.29) is 15.5 Å². The standard InChI is InChI=1S/C21H16ClF2NO4S/c1-29-21(26)20(14-5-3-2-4-6-14)25(19-13-16(23)9-12-18(19)24)30(27,28)17-10-7-15(22)8-11-17/h2-13,20H,1H3/t20-/m0/s1. The summed E-state index contributed by atoms with van der Waals surface area (Å²) in [5.41, 5.74) is -0.422. The molecule has 156 valence electrons. The van der Waals surface area contributed by atoms with E-state index in [0.717, 1.165) is 19.2 Å². The molecule has 0 radical (unpaired) electrons. The normalized spacial score (nSPS) is 12.3. The number of anilines is 1. The van der Waals surface area contributed by atoms with E-state index in [4.69, 9.17) is 16.3 Å². The van der Waals surface area contributed by atoms with Crippen LogP contribution in [0.15, 0.2) is 77.7 Å². The number of sulfonamides is 1. The Bertz CT molecular complexity index is 1160. The highest BCUT2D eigenvalue weighted by Gasteiger charge is 2.39. The summed E-state index contributed by atoms with van der Waals surface area (Å²) in [6.45, 7) is 0. The van der Waals surface area contributed by atoms with Gasteiger partial charge in [-0.2, -0.15) is 0 Å². The predicted molar refractivity (Wildman–Crippen MR) is 109 cm³/mol. The molecule has 0 fully saturated rings. The fourth-order valence-electron chi connectivity index (χ4n) is 2.90. The largest absolute Gasteiger partial charge is 0.467 e. The van der Waals surface area contributed by atoms with Gasteiger partial charge in [-0.25, -0.2) is 26.3 Å². The lowest BCUT2D eigenvalue weighted by Crippen LogP contribution is -2.40. The Morgan fingerprint density at radius 3 is 2.23 bits per heavy atom. The van der Waals surface area contributed by atoms with Gasteiger partial charge in [-0.1, -0.05) is 41.9 Å². The molecule has 0 saturated carbocycles. The lowest BCUT2D eigenvalue weighted by molar-refractivity contribution is -0.142. The molecule has 0 heterocycles. The summed E-state index contributed by atoms with van der Waals surface area (Å²) in [5, 5.41) is 0.282. The zero-order valence-corrected chi connectivity index (χ0v) is 17.2. The summed E-state index contributed by atoms with van der Waals surface area (Å²) in [6.07, 6.45) is 0. The second-order valence-electron chi connectivity index (χ2n) is 6.19. The van der Waals surface area contributed by atoms with Crippen LogP contribution in [0.3, 0.4) is 0 Å². The molecule has 5 nitrogen and oxygen atoms in total. The Labute approximate surface area is 177 Å². The van der Waals surface area contributed by atoms with Gasteiger partial charge in [-0.05, 0) is 42.0 Å². The maximum absolute atomic E-state index is 14.7. The van der Waals surface area contributed by atoms with Crippen LogP contribution in [0, 0.1) is 11.6 Å². The first kappa shape index (κ1) is 21.7. The van der Waals surface area contributed by atoms with Gasteiger partial charge in [0, 0.05) is 11.1 Å². The third-order valence-electron chi connectivity index (χ3n) is 4.29. The van der Waals surface area contributed by atoms with Gasteiger partial charge in [-0.15, -0.1) is 0 Å². The zero-order valence-electron chi connectivity index (χ0n) is 15.6. The minimum Gasteiger partial charge on any atom is -0.467 e. The third-order valence-corrected chi connectivity index (χ3v) is 6.34. The predicted octanol–water partition coefficient (Wildman–Crippen LogP) is 4.73. The number of carbonyl (C=O) groups excluding carboxylic acids is 1. The van der Waals surface area contributed by atoms with Crippen LogP contribution in [-0.4, -0.2) is 21.5 Å². The molecule has 9 heteroatoms. The van der Waals surface area contributed by atoms with E-state index in [0.29, 0.717) is 10.4 Å². The van der Waals surface area contributed by atoms with E-state index >= 15 is 0 Å². The second-order valence-corrected chi connectivity index (χ2v) is 8.44. The maximum Gasteiger partial charge on any atom is 0.334 e. The zero-order chi connectivity index (χ0) is 21.9. The fraction of sp³-hybridized carbons (Fsp3) is 0.0952. The first-order valence-corrected chi connectivity index (χ1v) is 10.5. The Morgan fingerprint density at radius 2 is 1.63 bits per heavy atom. The minimum absolute atomic E-state index is 0.213. The summed E-state index contributed by atoms with van der Waals surface area (Å²) in [4.78, 5) is 12.4. The van der Waals surface area contributed by atoms with E-state index in [1.165, 1.54) is 36.4 Å². The highest BCUT2D eigenvalue weighted by Crippen LogP contribution is 2.36. The van der Waals surface area contributed by atoms with E-state index in [9.17, 15) is 22.0 Å². The molecule has 0 aliphatic carbocycles. The monoisotopic (exact) mass is 451 g/mol. The smallest absolute Gasteiger partial charge is 0.334 e. The first-order chi connectivity index (χ1) is 14.3. The molecule has 0 spiro atoms. The molecule has 0 aromatic heterocycles. The average molecular weight is 452 g/mol. The molecule has 0 aliphatic rings. The van der Waals surface area contributed by atoms with E-state index in [1.54, 1.807) is 18.2 Å². The molecule has 0 saturated heterocycles. The van der Waals surface area contributed by atoms with Gasteiger partial charge in [0.2, 0.25) is 0 Å². The van der Waals surface area contributed by atoms with Crippen molar-refractivity contribution in [1.29, 1.82) is 0 Å². The number of hydrogen-bond acceptors (Lipinski definition) is 4. The minimum atomic E-state index is -4.55. The van der Waals surface area contributed by atoms with E-state index < -0.39 is 39.4 Å². The molecule has 0 bridgehead atoms. The van der Waals surface area contributed by atoms with Crippen LogP contribution in [0.2, 0.25) is 5.02 Å². The highest BCUT2D eigenvalue weighted by atomic mass is 35.5. The number of methoxy groups -OCH3 is 1. The maximum atomic E-state index is 14.7. The van der Waals surface area contributed by atoms with Crippen molar-refractivity contribution in [2.75, 3.05) is 11.4 Å². The van der Waals surface area contributed by atoms with Crippen LogP contribution >= 0.6 is 11.6 Å². The van der Waals surface area contributed by atoms with Gasteiger partial charge in [0.05, 0.1) is 17.7 Å². The summed E-state index contributed by atoms with van der Waals surface area (Å²) in [6, 6.07) is 13.6.